The predicted molar refractivity (Wildman–Crippen MR) is 148 cm³/mol. The average molecular weight is 532 g/mol. The molecule has 0 saturated carbocycles. The Balaban J connectivity index is 2.21. The zero-order chi connectivity index (χ0) is 27.4. The highest BCUT2D eigenvalue weighted by Crippen LogP contribution is 2.29. The largest absolute Gasteiger partial charge is 0.495 e. The lowest BCUT2D eigenvalue weighted by atomic mass is 10.1. The van der Waals surface area contributed by atoms with Gasteiger partial charge >= 0.3 is 0 Å². The molecule has 0 saturated heterocycles. The van der Waals surface area contributed by atoms with Crippen molar-refractivity contribution in [1.29, 1.82) is 0 Å². The van der Waals surface area contributed by atoms with Crippen molar-refractivity contribution in [2.24, 2.45) is 0 Å². The molecule has 0 aromatic heterocycles. The Bertz CT molecular complexity index is 1120. The third-order valence-electron chi connectivity index (χ3n) is 6.20. The first kappa shape index (κ1) is 30.2. The van der Waals surface area contributed by atoms with E-state index in [2.05, 4.69) is 12.2 Å². The smallest absolute Gasteiger partial charge is 0.242 e. The van der Waals surface area contributed by atoms with Gasteiger partial charge in [-0.15, -0.1) is 0 Å². The number of hydrogen-bond donors (Lipinski definition) is 1. The highest BCUT2D eigenvalue weighted by Gasteiger charge is 2.29. The fourth-order valence-electron chi connectivity index (χ4n) is 4.13. The molecule has 1 N–H and O–H groups in total. The van der Waals surface area contributed by atoms with Gasteiger partial charge in [0.1, 0.15) is 11.8 Å². The number of para-hydroxylation sites is 2. The fraction of sp³-hybridized carbons (Fsp3) is 0.500. The van der Waals surface area contributed by atoms with Crippen LogP contribution in [0.3, 0.4) is 0 Å². The lowest BCUT2D eigenvalue weighted by Crippen LogP contribution is -2.49. The van der Waals surface area contributed by atoms with E-state index in [4.69, 9.17) is 4.74 Å². The van der Waals surface area contributed by atoms with E-state index < -0.39 is 16.1 Å². The van der Waals surface area contributed by atoms with E-state index >= 15 is 0 Å². The number of rotatable bonds is 15. The second kappa shape index (κ2) is 14.6. The Morgan fingerprint density at radius 3 is 2.30 bits per heavy atom. The zero-order valence-electron chi connectivity index (χ0n) is 22.7. The molecule has 2 aromatic carbocycles. The second-order valence-corrected chi connectivity index (χ2v) is 11.1. The number of carbonyl (C=O) groups is 2. The van der Waals surface area contributed by atoms with Crippen LogP contribution in [-0.2, 0) is 26.2 Å². The number of ether oxygens (including phenoxy) is 1. The number of methoxy groups -OCH3 is 1. The Hall–Kier alpha value is -3.07. The van der Waals surface area contributed by atoms with E-state index in [1.54, 1.807) is 29.2 Å². The van der Waals surface area contributed by atoms with Crippen molar-refractivity contribution < 1.29 is 22.7 Å². The first-order valence-electron chi connectivity index (χ1n) is 12.9. The molecule has 204 valence electrons. The molecular weight excluding hydrogens is 490 g/mol. The van der Waals surface area contributed by atoms with E-state index in [-0.39, 0.29) is 24.8 Å². The van der Waals surface area contributed by atoms with E-state index in [0.29, 0.717) is 37.4 Å². The summed E-state index contributed by atoms with van der Waals surface area (Å²) < 4.78 is 31.7. The van der Waals surface area contributed by atoms with Crippen LogP contribution in [-0.4, -0.2) is 57.6 Å². The van der Waals surface area contributed by atoms with Crippen molar-refractivity contribution in [3.8, 4) is 5.75 Å². The monoisotopic (exact) mass is 531 g/mol. The van der Waals surface area contributed by atoms with E-state index in [0.717, 1.165) is 30.2 Å². The first-order valence-corrected chi connectivity index (χ1v) is 14.7. The Labute approximate surface area is 222 Å². The molecule has 2 amide bonds. The van der Waals surface area contributed by atoms with Crippen molar-refractivity contribution in [3.05, 3.63) is 59.7 Å². The molecule has 0 aliphatic heterocycles. The minimum atomic E-state index is -3.60. The predicted octanol–water partition coefficient (Wildman–Crippen LogP) is 4.27. The Morgan fingerprint density at radius 1 is 1.03 bits per heavy atom. The quantitative estimate of drug-likeness (QED) is 0.346. The molecule has 2 aromatic rings. The van der Waals surface area contributed by atoms with Gasteiger partial charge in [-0.3, -0.25) is 13.9 Å². The summed E-state index contributed by atoms with van der Waals surface area (Å²) in [6.07, 6.45) is 3.85. The van der Waals surface area contributed by atoms with Gasteiger partial charge < -0.3 is 15.0 Å². The van der Waals surface area contributed by atoms with Crippen molar-refractivity contribution >= 4 is 27.5 Å². The minimum Gasteiger partial charge on any atom is -0.495 e. The van der Waals surface area contributed by atoms with Gasteiger partial charge in [0.25, 0.3) is 0 Å². The number of amides is 2. The third kappa shape index (κ3) is 9.07. The minimum absolute atomic E-state index is 0.103. The number of nitrogens with one attached hydrogen (secondary N) is 1. The lowest BCUT2D eigenvalue weighted by Gasteiger charge is -2.31. The van der Waals surface area contributed by atoms with Crippen LogP contribution in [0.4, 0.5) is 5.69 Å². The van der Waals surface area contributed by atoms with Crippen LogP contribution >= 0.6 is 0 Å². The number of aryl methyl sites for hydroxylation is 1. The summed E-state index contributed by atoms with van der Waals surface area (Å²) in [6, 6.07) is 14.2. The summed E-state index contributed by atoms with van der Waals surface area (Å²) in [6.45, 7) is 6.94. The maximum atomic E-state index is 13.5. The molecule has 37 heavy (non-hydrogen) atoms. The van der Waals surface area contributed by atoms with Gasteiger partial charge in [-0.05, 0) is 43.9 Å². The molecule has 0 fully saturated rings. The van der Waals surface area contributed by atoms with Crippen LogP contribution in [0.2, 0.25) is 0 Å². The third-order valence-corrected chi connectivity index (χ3v) is 7.37. The molecule has 0 aliphatic rings. The Kier molecular flexibility index (Phi) is 11.9. The maximum Gasteiger partial charge on any atom is 0.242 e. The molecule has 0 spiro atoms. The van der Waals surface area contributed by atoms with E-state index in [1.807, 2.05) is 38.1 Å². The summed E-state index contributed by atoms with van der Waals surface area (Å²) in [5, 5.41) is 2.96. The SMILES string of the molecule is CCCCNC(=O)[C@H](CC)N(Cc1ccc(C)cc1)C(=O)CCCN(c1ccccc1OC)S(C)(=O)=O. The number of anilines is 1. The van der Waals surface area contributed by atoms with Gasteiger partial charge in [0.2, 0.25) is 21.8 Å². The standard InChI is InChI=1S/C28H41N3O5S/c1-6-8-19-29-28(33)24(7-2)30(21-23-17-15-22(3)16-18-23)27(32)14-11-20-31(37(5,34)35)25-12-9-10-13-26(25)36-4/h9-10,12-13,15-18,24H,6-8,11,14,19-21H2,1-5H3,(H,29,33)/t24-/m0/s1. The van der Waals surface area contributed by atoms with Crippen molar-refractivity contribution in [2.45, 2.75) is 65.5 Å². The summed E-state index contributed by atoms with van der Waals surface area (Å²) in [4.78, 5) is 28.1. The molecule has 8 nitrogen and oxygen atoms in total. The number of sulfonamides is 1. The highest BCUT2D eigenvalue weighted by molar-refractivity contribution is 7.92. The van der Waals surface area contributed by atoms with Gasteiger partial charge in [0.15, 0.2) is 0 Å². The molecule has 9 heteroatoms. The van der Waals surface area contributed by atoms with Gasteiger partial charge in [-0.1, -0.05) is 62.2 Å². The summed E-state index contributed by atoms with van der Waals surface area (Å²) >= 11 is 0. The molecular formula is C28H41N3O5S. The van der Waals surface area contributed by atoms with Crippen molar-refractivity contribution in [2.75, 3.05) is 30.8 Å². The van der Waals surface area contributed by atoms with Crippen LogP contribution in [0, 0.1) is 6.92 Å². The second-order valence-electron chi connectivity index (χ2n) is 9.19. The fourth-order valence-corrected chi connectivity index (χ4v) is 5.10. The molecule has 0 heterocycles. The lowest BCUT2D eigenvalue weighted by molar-refractivity contribution is -0.141. The van der Waals surface area contributed by atoms with Crippen LogP contribution in [0.25, 0.3) is 0 Å². The number of unbranched alkanes of at least 4 members (excludes halogenated alkanes) is 1. The topological polar surface area (TPSA) is 96.0 Å². The first-order chi connectivity index (χ1) is 17.6. The van der Waals surface area contributed by atoms with E-state index in [1.165, 1.54) is 11.4 Å². The van der Waals surface area contributed by atoms with Crippen LogP contribution in [0.5, 0.6) is 5.75 Å². The highest BCUT2D eigenvalue weighted by atomic mass is 32.2. The van der Waals surface area contributed by atoms with Gasteiger partial charge in [-0.2, -0.15) is 0 Å². The molecule has 0 unspecified atom stereocenters. The number of benzene rings is 2. The number of nitrogens with zero attached hydrogens (tertiary/aromatic N) is 2. The molecule has 0 bridgehead atoms. The maximum absolute atomic E-state index is 13.5. The Morgan fingerprint density at radius 2 is 1.70 bits per heavy atom. The number of hydrogen-bond acceptors (Lipinski definition) is 5. The van der Waals surface area contributed by atoms with E-state index in [9.17, 15) is 18.0 Å². The van der Waals surface area contributed by atoms with Gasteiger partial charge in [-0.25, -0.2) is 8.42 Å². The zero-order valence-corrected chi connectivity index (χ0v) is 23.5. The summed E-state index contributed by atoms with van der Waals surface area (Å²) in [7, 11) is -2.12. The molecule has 0 radical (unpaired) electrons. The summed E-state index contributed by atoms with van der Waals surface area (Å²) in [5.41, 5.74) is 2.48. The molecule has 1 atom stereocenters. The molecule has 0 aliphatic carbocycles. The van der Waals surface area contributed by atoms with Gasteiger partial charge in [0.05, 0.1) is 19.1 Å². The van der Waals surface area contributed by atoms with Gasteiger partial charge in [0, 0.05) is 26.1 Å². The van der Waals surface area contributed by atoms with Crippen molar-refractivity contribution in [1.82, 2.24) is 10.2 Å². The van der Waals surface area contributed by atoms with Crippen molar-refractivity contribution in [3.63, 3.8) is 0 Å². The van der Waals surface area contributed by atoms with Crippen LogP contribution in [0.15, 0.2) is 48.5 Å². The van der Waals surface area contributed by atoms with Crippen LogP contribution in [0.1, 0.15) is 57.1 Å². The van der Waals surface area contributed by atoms with Crippen LogP contribution < -0.4 is 14.4 Å². The average Bonchev–Trinajstić information content (AvgIpc) is 2.87. The molecule has 2 rings (SSSR count). The number of carbonyl (C=O) groups excluding carboxylic acids is 2. The summed E-state index contributed by atoms with van der Waals surface area (Å²) in [5.74, 6) is 0.0878. The normalized spacial score (nSPS) is 12.0.